The lowest BCUT2D eigenvalue weighted by Gasteiger charge is -2.37. The van der Waals surface area contributed by atoms with E-state index in [1.165, 1.54) is 5.69 Å². The average Bonchev–Trinajstić information content (AvgIpc) is 2.75. The van der Waals surface area contributed by atoms with Gasteiger partial charge in [-0.1, -0.05) is 24.3 Å². The molecule has 6 nitrogen and oxygen atoms in total. The lowest BCUT2D eigenvalue weighted by Crippen LogP contribution is -2.52. The highest BCUT2D eigenvalue weighted by Crippen LogP contribution is 2.23. The van der Waals surface area contributed by atoms with Crippen molar-refractivity contribution >= 4 is 35.6 Å². The number of piperazine rings is 1. The van der Waals surface area contributed by atoms with Crippen LogP contribution >= 0.6 is 24.0 Å². The van der Waals surface area contributed by atoms with Gasteiger partial charge in [-0.2, -0.15) is 0 Å². The Kier molecular flexibility index (Phi) is 9.37. The number of para-hydroxylation sites is 1. The second-order valence-corrected chi connectivity index (χ2v) is 6.79. The normalized spacial score (nSPS) is 14.3. The third-order valence-electron chi connectivity index (χ3n) is 4.97. The second kappa shape index (κ2) is 11.7. The highest BCUT2D eigenvalue weighted by atomic mass is 127. The smallest absolute Gasteiger partial charge is 0.194 e. The summed E-state index contributed by atoms with van der Waals surface area (Å²) in [6, 6.07) is 16.0. The molecule has 0 bridgehead atoms. The maximum Gasteiger partial charge on any atom is 0.194 e. The Morgan fingerprint density at radius 1 is 1.10 bits per heavy atom. The zero-order valence-electron chi connectivity index (χ0n) is 17.2. The average molecular weight is 510 g/mol. The molecule has 0 amide bonds. The molecule has 1 saturated heterocycles. The maximum atomic E-state index is 10.1. The molecular formula is C22H31IN4O2. The van der Waals surface area contributed by atoms with Gasteiger partial charge in [0.05, 0.1) is 7.11 Å². The van der Waals surface area contributed by atoms with Crippen molar-refractivity contribution in [1.29, 1.82) is 0 Å². The molecule has 2 aromatic rings. The number of hydrogen-bond donors (Lipinski definition) is 2. The highest BCUT2D eigenvalue weighted by Gasteiger charge is 2.19. The van der Waals surface area contributed by atoms with Gasteiger partial charge in [0, 0.05) is 51.0 Å². The van der Waals surface area contributed by atoms with Crippen LogP contribution in [-0.2, 0) is 6.42 Å². The summed E-state index contributed by atoms with van der Waals surface area (Å²) in [5.41, 5.74) is 2.16. The maximum absolute atomic E-state index is 10.1. The van der Waals surface area contributed by atoms with E-state index < -0.39 is 0 Å². The van der Waals surface area contributed by atoms with Crippen molar-refractivity contribution < 1.29 is 9.84 Å². The summed E-state index contributed by atoms with van der Waals surface area (Å²) in [7, 11) is 1.60. The Hall–Kier alpha value is -2.16. The SMILES string of the molecule is CCNC(=NCCc1ccc(OC)cc1O)N1CCN(c2ccccc2)CC1.I. The fourth-order valence-electron chi connectivity index (χ4n) is 3.41. The predicted octanol–water partition coefficient (Wildman–Crippen LogP) is 3.35. The van der Waals surface area contributed by atoms with Gasteiger partial charge in [0.1, 0.15) is 11.5 Å². The Morgan fingerprint density at radius 3 is 2.45 bits per heavy atom. The molecule has 29 heavy (non-hydrogen) atoms. The molecule has 2 N–H and O–H groups in total. The van der Waals surface area contributed by atoms with Crippen LogP contribution in [0.5, 0.6) is 11.5 Å². The summed E-state index contributed by atoms with van der Waals surface area (Å²) in [6.45, 7) is 7.39. The van der Waals surface area contributed by atoms with Crippen LogP contribution in [0.15, 0.2) is 53.5 Å². The van der Waals surface area contributed by atoms with Crippen LogP contribution in [-0.4, -0.2) is 62.3 Å². The van der Waals surface area contributed by atoms with Crippen LogP contribution in [0.2, 0.25) is 0 Å². The van der Waals surface area contributed by atoms with Gasteiger partial charge >= 0.3 is 0 Å². The number of rotatable bonds is 6. The largest absolute Gasteiger partial charge is 0.508 e. The number of nitrogens with zero attached hydrogens (tertiary/aromatic N) is 3. The van der Waals surface area contributed by atoms with Crippen LogP contribution in [0, 0.1) is 0 Å². The molecule has 3 rings (SSSR count). The molecule has 2 aromatic carbocycles. The van der Waals surface area contributed by atoms with Crippen molar-refractivity contribution in [2.24, 2.45) is 4.99 Å². The highest BCUT2D eigenvalue weighted by molar-refractivity contribution is 14.0. The van der Waals surface area contributed by atoms with Gasteiger partial charge in [-0.05, 0) is 37.1 Å². The lowest BCUT2D eigenvalue weighted by molar-refractivity contribution is 0.372. The number of benzene rings is 2. The topological polar surface area (TPSA) is 60.3 Å². The van der Waals surface area contributed by atoms with Gasteiger partial charge in [-0.25, -0.2) is 0 Å². The standard InChI is InChI=1S/C22H30N4O2.HI/c1-3-23-22(24-12-11-18-9-10-20(28-2)17-21(18)27)26-15-13-25(14-16-26)19-7-5-4-6-8-19;/h4-10,17,27H,3,11-16H2,1-2H3,(H,23,24);1H. The zero-order valence-corrected chi connectivity index (χ0v) is 19.5. The third kappa shape index (κ3) is 6.42. The van der Waals surface area contributed by atoms with E-state index in [1.807, 2.05) is 12.1 Å². The molecule has 1 heterocycles. The number of phenolic OH excluding ortho intramolecular Hbond substituents is 1. The molecule has 7 heteroatoms. The van der Waals surface area contributed by atoms with Crippen LogP contribution in [0.4, 0.5) is 5.69 Å². The summed E-state index contributed by atoms with van der Waals surface area (Å²) in [4.78, 5) is 9.51. The Balaban J connectivity index is 0.00000300. The monoisotopic (exact) mass is 510 g/mol. The van der Waals surface area contributed by atoms with Gasteiger partial charge in [0.25, 0.3) is 0 Å². The number of halogens is 1. The molecular weight excluding hydrogens is 479 g/mol. The second-order valence-electron chi connectivity index (χ2n) is 6.79. The molecule has 0 aliphatic carbocycles. The van der Waals surface area contributed by atoms with Crippen molar-refractivity contribution in [3.63, 3.8) is 0 Å². The minimum absolute atomic E-state index is 0. The number of methoxy groups -OCH3 is 1. The third-order valence-corrected chi connectivity index (χ3v) is 4.97. The first-order valence-corrected chi connectivity index (χ1v) is 9.90. The zero-order chi connectivity index (χ0) is 19.8. The summed E-state index contributed by atoms with van der Waals surface area (Å²) in [5.74, 6) is 1.87. The van der Waals surface area contributed by atoms with Crippen molar-refractivity contribution in [1.82, 2.24) is 10.2 Å². The van der Waals surface area contributed by atoms with Gasteiger partial charge in [0.2, 0.25) is 0 Å². The number of aromatic hydroxyl groups is 1. The van der Waals surface area contributed by atoms with Gasteiger partial charge in [0.15, 0.2) is 5.96 Å². The summed E-state index contributed by atoms with van der Waals surface area (Å²) in [5, 5.41) is 13.5. The van der Waals surface area contributed by atoms with E-state index in [0.717, 1.165) is 44.2 Å². The van der Waals surface area contributed by atoms with Crippen LogP contribution in [0.3, 0.4) is 0 Å². The summed E-state index contributed by atoms with van der Waals surface area (Å²) in [6.07, 6.45) is 0.689. The number of hydrogen-bond acceptors (Lipinski definition) is 4. The summed E-state index contributed by atoms with van der Waals surface area (Å²) < 4.78 is 5.14. The van der Waals surface area contributed by atoms with Crippen molar-refractivity contribution in [2.75, 3.05) is 51.3 Å². The fraction of sp³-hybridized carbons (Fsp3) is 0.409. The number of guanidine groups is 1. The van der Waals surface area contributed by atoms with Crippen LogP contribution in [0.25, 0.3) is 0 Å². The van der Waals surface area contributed by atoms with E-state index in [1.54, 1.807) is 13.2 Å². The lowest BCUT2D eigenvalue weighted by atomic mass is 10.1. The number of anilines is 1. The van der Waals surface area contributed by atoms with E-state index in [9.17, 15) is 5.11 Å². The Bertz CT molecular complexity index is 778. The molecule has 0 atom stereocenters. The number of phenols is 1. The molecule has 1 aliphatic heterocycles. The van der Waals surface area contributed by atoms with Crippen molar-refractivity contribution in [3.05, 3.63) is 54.1 Å². The fourth-order valence-corrected chi connectivity index (χ4v) is 3.41. The van der Waals surface area contributed by atoms with E-state index in [4.69, 9.17) is 9.73 Å². The van der Waals surface area contributed by atoms with E-state index >= 15 is 0 Å². The van der Waals surface area contributed by atoms with Gasteiger partial charge in [-0.15, -0.1) is 24.0 Å². The first-order valence-electron chi connectivity index (χ1n) is 9.90. The van der Waals surface area contributed by atoms with Gasteiger partial charge < -0.3 is 25.0 Å². The van der Waals surface area contributed by atoms with E-state index in [-0.39, 0.29) is 29.7 Å². The van der Waals surface area contributed by atoms with Crippen LogP contribution in [0.1, 0.15) is 12.5 Å². The molecule has 0 saturated carbocycles. The Morgan fingerprint density at radius 2 is 1.83 bits per heavy atom. The number of aliphatic imine (C=N–C) groups is 1. The summed E-state index contributed by atoms with van der Waals surface area (Å²) >= 11 is 0. The number of nitrogens with one attached hydrogen (secondary N) is 1. The minimum Gasteiger partial charge on any atom is -0.508 e. The minimum atomic E-state index is 0. The van der Waals surface area contributed by atoms with Crippen molar-refractivity contribution in [2.45, 2.75) is 13.3 Å². The Labute approximate surface area is 190 Å². The first-order chi connectivity index (χ1) is 13.7. The quantitative estimate of drug-likeness (QED) is 0.355. The molecule has 0 spiro atoms. The molecule has 1 aliphatic rings. The predicted molar refractivity (Wildman–Crippen MR) is 130 cm³/mol. The van der Waals surface area contributed by atoms with Gasteiger partial charge in [-0.3, -0.25) is 4.99 Å². The number of ether oxygens (including phenoxy) is 1. The molecule has 0 radical (unpaired) electrons. The molecule has 158 valence electrons. The first kappa shape index (κ1) is 23.1. The van der Waals surface area contributed by atoms with Crippen molar-refractivity contribution in [3.8, 4) is 11.5 Å². The molecule has 1 fully saturated rings. The molecule has 0 aromatic heterocycles. The van der Waals surface area contributed by atoms with E-state index in [0.29, 0.717) is 18.7 Å². The van der Waals surface area contributed by atoms with Crippen LogP contribution < -0.4 is 15.0 Å². The molecule has 0 unspecified atom stereocenters. The van der Waals surface area contributed by atoms with E-state index in [2.05, 4.69) is 52.4 Å².